The zero-order valence-electron chi connectivity index (χ0n) is 13.0. The third-order valence-corrected chi connectivity index (χ3v) is 4.42. The highest BCUT2D eigenvalue weighted by molar-refractivity contribution is 5.77. The summed E-state index contributed by atoms with van der Waals surface area (Å²) in [5.41, 5.74) is 0. The first-order valence-corrected chi connectivity index (χ1v) is 7.88. The van der Waals surface area contributed by atoms with Gasteiger partial charge in [0, 0.05) is 40.4 Å². The molecule has 20 heavy (non-hydrogen) atoms. The largest absolute Gasteiger partial charge is 0.381 e. The minimum atomic E-state index is 0.210. The Morgan fingerprint density at radius 3 is 2.65 bits per heavy atom. The second kappa shape index (κ2) is 7.96. The van der Waals surface area contributed by atoms with Crippen LogP contribution >= 0.6 is 0 Å². The first kappa shape index (κ1) is 15.7. The Bertz CT molecular complexity index is 303. The van der Waals surface area contributed by atoms with E-state index in [1.54, 1.807) is 4.90 Å². The summed E-state index contributed by atoms with van der Waals surface area (Å²) in [6.45, 7) is 7.97. The van der Waals surface area contributed by atoms with Crippen LogP contribution in [-0.4, -0.2) is 87.2 Å². The molecule has 0 saturated carbocycles. The lowest BCUT2D eigenvalue weighted by Gasteiger charge is -2.23. The van der Waals surface area contributed by atoms with Gasteiger partial charge in [0.2, 0.25) is 5.91 Å². The smallest absolute Gasteiger partial charge is 0.236 e. The highest BCUT2D eigenvalue weighted by atomic mass is 16.5. The Balaban J connectivity index is 1.67. The van der Waals surface area contributed by atoms with Crippen LogP contribution < -0.4 is 0 Å². The van der Waals surface area contributed by atoms with Crippen LogP contribution in [0.3, 0.4) is 0 Å². The van der Waals surface area contributed by atoms with Crippen molar-refractivity contribution in [1.29, 1.82) is 0 Å². The molecule has 2 fully saturated rings. The lowest BCUT2D eigenvalue weighted by atomic mass is 10.1. The Morgan fingerprint density at radius 1 is 1.20 bits per heavy atom. The molecule has 0 N–H and O–H groups in total. The molecule has 2 heterocycles. The van der Waals surface area contributed by atoms with Crippen LogP contribution in [0.1, 0.15) is 19.3 Å². The normalized spacial score (nSPS) is 25.6. The van der Waals surface area contributed by atoms with E-state index in [1.165, 1.54) is 32.4 Å². The Hall–Kier alpha value is -0.650. The van der Waals surface area contributed by atoms with Crippen LogP contribution in [0.25, 0.3) is 0 Å². The van der Waals surface area contributed by atoms with E-state index in [-0.39, 0.29) is 5.91 Å². The van der Waals surface area contributed by atoms with Gasteiger partial charge in [-0.1, -0.05) is 0 Å². The van der Waals surface area contributed by atoms with E-state index in [0.717, 1.165) is 38.8 Å². The summed E-state index contributed by atoms with van der Waals surface area (Å²) in [5.74, 6) is 0.978. The molecule has 0 bridgehead atoms. The van der Waals surface area contributed by atoms with Crippen LogP contribution in [0.2, 0.25) is 0 Å². The number of rotatable bonds is 5. The molecule has 2 aliphatic rings. The van der Waals surface area contributed by atoms with Crippen molar-refractivity contribution < 1.29 is 9.53 Å². The van der Waals surface area contributed by atoms with Crippen LogP contribution in [0.5, 0.6) is 0 Å². The van der Waals surface area contributed by atoms with Crippen LogP contribution in [0.4, 0.5) is 0 Å². The molecule has 0 aromatic rings. The molecular formula is C15H29N3O2. The average Bonchev–Trinajstić information content (AvgIpc) is 2.84. The lowest BCUT2D eigenvalue weighted by Crippen LogP contribution is -2.38. The Morgan fingerprint density at radius 2 is 1.95 bits per heavy atom. The average molecular weight is 283 g/mol. The molecule has 1 atom stereocenters. The van der Waals surface area contributed by atoms with Crippen molar-refractivity contribution >= 4 is 5.91 Å². The number of hydrogen-bond acceptors (Lipinski definition) is 4. The molecule has 2 saturated heterocycles. The minimum absolute atomic E-state index is 0.210. The topological polar surface area (TPSA) is 36.0 Å². The number of carbonyl (C=O) groups excluding carboxylic acids is 1. The molecule has 116 valence electrons. The molecule has 1 unspecified atom stereocenters. The molecule has 2 rings (SSSR count). The fourth-order valence-electron chi connectivity index (χ4n) is 2.91. The molecule has 2 aliphatic heterocycles. The van der Waals surface area contributed by atoms with Gasteiger partial charge in [-0.2, -0.15) is 0 Å². The fourth-order valence-corrected chi connectivity index (χ4v) is 2.91. The van der Waals surface area contributed by atoms with E-state index >= 15 is 0 Å². The first-order valence-electron chi connectivity index (χ1n) is 7.88. The molecule has 0 aliphatic carbocycles. The quantitative estimate of drug-likeness (QED) is 0.736. The van der Waals surface area contributed by atoms with Crippen molar-refractivity contribution in [2.75, 3.05) is 66.6 Å². The number of likely N-dealkylation sites (N-methyl/N-ethyl adjacent to an activating group) is 1. The Kier molecular flexibility index (Phi) is 6.26. The van der Waals surface area contributed by atoms with E-state index in [1.807, 2.05) is 14.1 Å². The summed E-state index contributed by atoms with van der Waals surface area (Å²) in [4.78, 5) is 18.3. The minimum Gasteiger partial charge on any atom is -0.381 e. The number of carbonyl (C=O) groups is 1. The van der Waals surface area contributed by atoms with E-state index in [0.29, 0.717) is 6.54 Å². The van der Waals surface area contributed by atoms with Gasteiger partial charge in [0.05, 0.1) is 6.54 Å². The van der Waals surface area contributed by atoms with Gasteiger partial charge in [0.1, 0.15) is 0 Å². The highest BCUT2D eigenvalue weighted by Crippen LogP contribution is 2.17. The van der Waals surface area contributed by atoms with Gasteiger partial charge in [-0.05, 0) is 44.8 Å². The highest BCUT2D eigenvalue weighted by Gasteiger charge is 2.20. The van der Waals surface area contributed by atoms with Crippen molar-refractivity contribution in [3.63, 3.8) is 0 Å². The maximum absolute atomic E-state index is 11.8. The standard InChI is InChI=1S/C15H29N3O2/c1-16(2)15(19)12-18-7-3-6-17(9-10-18)8-4-14-5-11-20-13-14/h14H,3-13H2,1-2H3. The third kappa shape index (κ3) is 5.04. The van der Waals surface area contributed by atoms with E-state index < -0.39 is 0 Å². The van der Waals surface area contributed by atoms with Gasteiger partial charge in [0.15, 0.2) is 0 Å². The number of amides is 1. The van der Waals surface area contributed by atoms with Gasteiger partial charge < -0.3 is 14.5 Å². The summed E-state index contributed by atoms with van der Waals surface area (Å²) in [7, 11) is 3.66. The molecule has 0 aromatic heterocycles. The number of hydrogen-bond donors (Lipinski definition) is 0. The predicted octanol–water partition coefficient (Wildman–Crippen LogP) is 0.509. The van der Waals surface area contributed by atoms with Crippen LogP contribution in [-0.2, 0) is 9.53 Å². The van der Waals surface area contributed by atoms with Crippen LogP contribution in [0, 0.1) is 5.92 Å². The first-order chi connectivity index (χ1) is 9.65. The monoisotopic (exact) mass is 283 g/mol. The molecule has 5 heteroatoms. The summed E-state index contributed by atoms with van der Waals surface area (Å²) in [6.07, 6.45) is 3.66. The van der Waals surface area contributed by atoms with Crippen molar-refractivity contribution in [2.45, 2.75) is 19.3 Å². The maximum atomic E-state index is 11.8. The van der Waals surface area contributed by atoms with Crippen molar-refractivity contribution in [2.24, 2.45) is 5.92 Å². The Labute approximate surface area is 122 Å². The zero-order chi connectivity index (χ0) is 14.4. The second-order valence-electron chi connectivity index (χ2n) is 6.28. The number of ether oxygens (including phenoxy) is 1. The molecule has 1 amide bonds. The molecule has 0 radical (unpaired) electrons. The van der Waals surface area contributed by atoms with Crippen molar-refractivity contribution in [1.82, 2.24) is 14.7 Å². The lowest BCUT2D eigenvalue weighted by molar-refractivity contribution is -0.129. The van der Waals surface area contributed by atoms with Crippen LogP contribution in [0.15, 0.2) is 0 Å². The summed E-state index contributed by atoms with van der Waals surface area (Å²) in [6, 6.07) is 0. The van der Waals surface area contributed by atoms with E-state index in [2.05, 4.69) is 9.80 Å². The van der Waals surface area contributed by atoms with Gasteiger partial charge in [0.25, 0.3) is 0 Å². The summed E-state index contributed by atoms with van der Waals surface area (Å²) in [5, 5.41) is 0. The zero-order valence-corrected chi connectivity index (χ0v) is 13.0. The van der Waals surface area contributed by atoms with Crippen molar-refractivity contribution in [3.8, 4) is 0 Å². The van der Waals surface area contributed by atoms with Gasteiger partial charge in [-0.3, -0.25) is 9.69 Å². The van der Waals surface area contributed by atoms with Gasteiger partial charge >= 0.3 is 0 Å². The number of nitrogens with zero attached hydrogens (tertiary/aromatic N) is 3. The SMILES string of the molecule is CN(C)C(=O)CN1CCCN(CCC2CCOC2)CC1. The molecular weight excluding hydrogens is 254 g/mol. The summed E-state index contributed by atoms with van der Waals surface area (Å²) >= 11 is 0. The van der Waals surface area contributed by atoms with E-state index in [9.17, 15) is 4.79 Å². The fraction of sp³-hybridized carbons (Fsp3) is 0.933. The second-order valence-corrected chi connectivity index (χ2v) is 6.28. The molecule has 0 aromatic carbocycles. The molecule has 5 nitrogen and oxygen atoms in total. The third-order valence-electron chi connectivity index (χ3n) is 4.42. The molecule has 0 spiro atoms. The van der Waals surface area contributed by atoms with Gasteiger partial charge in [-0.25, -0.2) is 0 Å². The maximum Gasteiger partial charge on any atom is 0.236 e. The predicted molar refractivity (Wildman–Crippen MR) is 79.7 cm³/mol. The summed E-state index contributed by atoms with van der Waals surface area (Å²) < 4.78 is 5.44. The van der Waals surface area contributed by atoms with E-state index in [4.69, 9.17) is 4.74 Å². The van der Waals surface area contributed by atoms with Gasteiger partial charge in [-0.15, -0.1) is 0 Å². The van der Waals surface area contributed by atoms with Crippen molar-refractivity contribution in [3.05, 3.63) is 0 Å².